The number of hydrogen-bond donors (Lipinski definition) is 2. The summed E-state index contributed by atoms with van der Waals surface area (Å²) in [6.45, 7) is 1.31. The lowest BCUT2D eigenvalue weighted by molar-refractivity contribution is -0.255. The maximum atomic E-state index is 11.9. The van der Waals surface area contributed by atoms with Gasteiger partial charge in [0.25, 0.3) is 5.91 Å². The third kappa shape index (κ3) is 3.52. The molecule has 0 bridgehead atoms. The zero-order valence-electron chi connectivity index (χ0n) is 10.3. The first kappa shape index (κ1) is 17.9. The molecule has 0 aliphatic rings. The van der Waals surface area contributed by atoms with Crippen molar-refractivity contribution >= 4 is 91.2 Å². The number of amides is 2. The molecule has 2 amide bonds. The van der Waals surface area contributed by atoms with Crippen LogP contribution >= 0.6 is 67.8 Å². The molecule has 0 atom stereocenters. The van der Waals surface area contributed by atoms with Crippen molar-refractivity contribution in [3.05, 3.63) is 21.8 Å². The van der Waals surface area contributed by atoms with E-state index in [1.54, 1.807) is 22.6 Å². The number of halogens is 3. The highest BCUT2D eigenvalue weighted by Gasteiger charge is 2.24. The summed E-state index contributed by atoms with van der Waals surface area (Å²) in [6.07, 6.45) is 0. The quantitative estimate of drug-likeness (QED) is 0.501. The molecule has 2 N–H and O–H groups in total. The van der Waals surface area contributed by atoms with Crippen molar-refractivity contribution in [2.75, 3.05) is 12.4 Å². The normalized spacial score (nSPS) is 10.1. The van der Waals surface area contributed by atoms with E-state index in [4.69, 9.17) is 0 Å². The van der Waals surface area contributed by atoms with Gasteiger partial charge in [0.15, 0.2) is 0 Å². The average molecular weight is 613 g/mol. The Morgan fingerprint density at radius 3 is 1.90 bits per heavy atom. The lowest BCUT2D eigenvalue weighted by atomic mass is 10.1. The van der Waals surface area contributed by atoms with Crippen LogP contribution in [0.4, 0.5) is 5.69 Å². The van der Waals surface area contributed by atoms with E-state index in [-0.39, 0.29) is 20.6 Å². The van der Waals surface area contributed by atoms with Crippen LogP contribution in [0.25, 0.3) is 0 Å². The number of rotatable bonds is 3. The van der Waals surface area contributed by atoms with Crippen LogP contribution in [0, 0.1) is 10.7 Å². The monoisotopic (exact) mass is 613 g/mol. The van der Waals surface area contributed by atoms with Crippen molar-refractivity contribution in [1.29, 1.82) is 0 Å². The molecule has 6 nitrogen and oxygen atoms in total. The van der Waals surface area contributed by atoms with Gasteiger partial charge in [-0.3, -0.25) is 9.59 Å². The first-order valence-corrected chi connectivity index (χ1v) is 8.37. The average Bonchev–Trinajstić information content (AvgIpc) is 2.33. The first-order chi connectivity index (χ1) is 9.22. The Hall–Kier alpha value is -0.180. The number of benzene rings is 1. The smallest absolute Gasteiger partial charge is 0.253 e. The summed E-state index contributed by atoms with van der Waals surface area (Å²) in [7, 11) is 1.45. The van der Waals surface area contributed by atoms with Crippen LogP contribution in [-0.4, -0.2) is 24.8 Å². The van der Waals surface area contributed by atoms with Gasteiger partial charge in [-0.2, -0.15) is 0 Å². The van der Waals surface area contributed by atoms with E-state index in [9.17, 15) is 19.5 Å². The Balaban J connectivity index is 3.78. The molecule has 1 aromatic rings. The second-order valence-corrected chi connectivity index (χ2v) is 6.85. The summed E-state index contributed by atoms with van der Waals surface area (Å²) in [6, 6.07) is 0. The van der Waals surface area contributed by atoms with E-state index < -0.39 is 11.9 Å². The highest BCUT2D eigenvalue weighted by atomic mass is 127. The Kier molecular flexibility index (Phi) is 6.43. The summed E-state index contributed by atoms with van der Waals surface area (Å²) in [5, 5.41) is 16.3. The third-order valence-electron chi connectivity index (χ3n) is 2.28. The van der Waals surface area contributed by atoms with Crippen LogP contribution in [-0.2, 0) is 4.79 Å². The van der Waals surface area contributed by atoms with Gasteiger partial charge in [0.2, 0.25) is 5.91 Å². The first-order valence-electron chi connectivity index (χ1n) is 5.13. The van der Waals surface area contributed by atoms with E-state index >= 15 is 0 Å². The molecule has 0 unspecified atom stereocenters. The minimum absolute atomic E-state index is 0.103. The Morgan fingerprint density at radius 2 is 1.50 bits per heavy atom. The van der Waals surface area contributed by atoms with Gasteiger partial charge in [0.1, 0.15) is 0 Å². The summed E-state index contributed by atoms with van der Waals surface area (Å²) in [5.41, 5.74) is 0.406. The van der Waals surface area contributed by atoms with Gasteiger partial charge in [-0.1, -0.05) is 0 Å². The van der Waals surface area contributed by atoms with Gasteiger partial charge >= 0.3 is 0 Å². The van der Waals surface area contributed by atoms with Crippen LogP contribution in [0.1, 0.15) is 27.6 Å². The number of nitrogens with one attached hydrogen (secondary N) is 2. The third-order valence-corrected chi connectivity index (χ3v) is 5.51. The second-order valence-electron chi connectivity index (χ2n) is 3.61. The van der Waals surface area contributed by atoms with E-state index in [1.807, 2.05) is 45.2 Å². The molecular weight excluding hydrogens is 605 g/mol. The molecule has 9 heteroatoms. The molecule has 108 valence electrons. The molecule has 0 aliphatic heterocycles. The fourth-order valence-corrected chi connectivity index (χ4v) is 5.82. The molecule has 20 heavy (non-hydrogen) atoms. The zero-order chi connectivity index (χ0) is 15.6. The molecule has 0 fully saturated rings. The summed E-state index contributed by atoms with van der Waals surface area (Å²) in [5.74, 6) is -2.18. The minimum Gasteiger partial charge on any atom is -0.545 e. The maximum Gasteiger partial charge on any atom is 0.253 e. The number of aromatic carboxylic acids is 1. The van der Waals surface area contributed by atoms with Gasteiger partial charge in [-0.05, 0) is 67.8 Å². The number of anilines is 1. The van der Waals surface area contributed by atoms with Crippen molar-refractivity contribution in [2.24, 2.45) is 0 Å². The van der Waals surface area contributed by atoms with Crippen molar-refractivity contribution in [1.82, 2.24) is 5.32 Å². The number of carbonyl (C=O) groups excluding carboxylic acids is 3. The molecule has 0 saturated heterocycles. The standard InChI is InChI=1S/C11H9I3N2O4/c1-3(17)16-9-7(13)4(10(18)15-2)6(12)5(8(9)14)11(19)20/h1-2H3,(H,15,18)(H,16,17)(H,19,20)/p-1. The Bertz CT molecular complexity index is 616. The van der Waals surface area contributed by atoms with Gasteiger partial charge in [-0.25, -0.2) is 0 Å². The summed E-state index contributed by atoms with van der Waals surface area (Å²) in [4.78, 5) is 34.5. The Labute approximate surface area is 155 Å². The van der Waals surface area contributed by atoms with Crippen molar-refractivity contribution in [2.45, 2.75) is 6.92 Å². The number of carboxylic acid groups (broad SMARTS) is 1. The lowest BCUT2D eigenvalue weighted by Gasteiger charge is -2.19. The predicted molar refractivity (Wildman–Crippen MR) is 96.6 cm³/mol. The number of hydrogen-bond acceptors (Lipinski definition) is 4. The summed E-state index contributed by atoms with van der Waals surface area (Å²) >= 11 is 5.51. The van der Waals surface area contributed by atoms with Gasteiger partial charge in [-0.15, -0.1) is 0 Å². The van der Waals surface area contributed by atoms with Crippen LogP contribution in [0.3, 0.4) is 0 Å². The molecule has 0 radical (unpaired) electrons. The SMILES string of the molecule is CNC(=O)c1c(I)c(NC(C)=O)c(I)c(C(=O)[O-])c1I. The Morgan fingerprint density at radius 1 is 1.00 bits per heavy atom. The molecule has 0 spiro atoms. The lowest BCUT2D eigenvalue weighted by Crippen LogP contribution is -2.29. The molecule has 0 aliphatic carbocycles. The highest BCUT2D eigenvalue weighted by Crippen LogP contribution is 2.35. The molecular formula is C11H8I3N2O4-. The minimum atomic E-state index is -1.40. The van der Waals surface area contributed by atoms with Crippen molar-refractivity contribution in [3.8, 4) is 0 Å². The topological polar surface area (TPSA) is 98.3 Å². The fourth-order valence-electron chi connectivity index (χ4n) is 1.45. The van der Waals surface area contributed by atoms with Crippen LogP contribution in [0.2, 0.25) is 0 Å². The van der Waals surface area contributed by atoms with Crippen LogP contribution in [0.5, 0.6) is 0 Å². The van der Waals surface area contributed by atoms with Crippen molar-refractivity contribution in [3.63, 3.8) is 0 Å². The van der Waals surface area contributed by atoms with Gasteiger partial charge in [0, 0.05) is 26.7 Å². The number of carbonyl (C=O) groups is 3. The second kappa shape index (κ2) is 7.20. The van der Waals surface area contributed by atoms with E-state index in [2.05, 4.69) is 10.6 Å². The predicted octanol–water partition coefficient (Wildman–Crippen LogP) is 1.18. The van der Waals surface area contributed by atoms with E-state index in [0.29, 0.717) is 12.8 Å². The van der Waals surface area contributed by atoms with E-state index in [0.717, 1.165) is 0 Å². The summed E-state index contributed by atoms with van der Waals surface area (Å²) < 4.78 is 1.10. The fraction of sp³-hybridized carbons (Fsp3) is 0.182. The molecule has 1 rings (SSSR count). The highest BCUT2D eigenvalue weighted by molar-refractivity contribution is 14.1. The van der Waals surface area contributed by atoms with E-state index in [1.165, 1.54) is 14.0 Å². The molecule has 1 aromatic carbocycles. The molecule has 0 saturated carbocycles. The maximum absolute atomic E-state index is 11.9. The van der Waals surface area contributed by atoms with Gasteiger partial charge in [0.05, 0.1) is 20.8 Å². The largest absolute Gasteiger partial charge is 0.545 e. The number of carboxylic acids is 1. The molecule has 0 aromatic heterocycles. The van der Waals surface area contributed by atoms with Gasteiger partial charge < -0.3 is 20.5 Å². The van der Waals surface area contributed by atoms with Crippen molar-refractivity contribution < 1.29 is 19.5 Å². The zero-order valence-corrected chi connectivity index (χ0v) is 16.7. The molecule has 0 heterocycles. The van der Waals surface area contributed by atoms with Crippen LogP contribution in [0.15, 0.2) is 0 Å². The van der Waals surface area contributed by atoms with Crippen LogP contribution < -0.4 is 15.7 Å².